The molecule has 0 aromatic heterocycles. The lowest BCUT2D eigenvalue weighted by Crippen LogP contribution is -2.60. The quantitative estimate of drug-likeness (QED) is 0.815. The van der Waals surface area contributed by atoms with Crippen LogP contribution in [0.15, 0.2) is 0 Å². The van der Waals surface area contributed by atoms with Gasteiger partial charge in [-0.2, -0.15) is 0 Å². The predicted molar refractivity (Wildman–Crippen MR) is 84.6 cm³/mol. The van der Waals surface area contributed by atoms with Crippen LogP contribution in [-0.2, 0) is 9.53 Å². The van der Waals surface area contributed by atoms with Crippen molar-refractivity contribution < 1.29 is 9.53 Å². The highest BCUT2D eigenvalue weighted by Gasteiger charge is 2.43. The Balaban J connectivity index is 1.31. The molecule has 3 unspecified atom stereocenters. The van der Waals surface area contributed by atoms with E-state index in [9.17, 15) is 4.79 Å². The second-order valence-electron chi connectivity index (χ2n) is 7.61. The number of carbonyl (C=O) groups excluding carboxylic acids is 1. The van der Waals surface area contributed by atoms with Gasteiger partial charge in [0, 0.05) is 38.8 Å². The van der Waals surface area contributed by atoms with Gasteiger partial charge in [0.15, 0.2) is 0 Å². The highest BCUT2D eigenvalue weighted by molar-refractivity contribution is 5.82. The second-order valence-corrected chi connectivity index (χ2v) is 7.61. The molecular weight excluding hydrogens is 278 g/mol. The topological polar surface area (TPSA) is 44.8 Å². The molecule has 0 aromatic rings. The Morgan fingerprint density at radius 2 is 1.95 bits per heavy atom. The molecule has 2 aliphatic heterocycles. The van der Waals surface area contributed by atoms with Crippen molar-refractivity contribution in [3.05, 3.63) is 0 Å². The zero-order valence-corrected chi connectivity index (χ0v) is 13.7. The van der Waals surface area contributed by atoms with Crippen LogP contribution in [0, 0.1) is 11.8 Å². The van der Waals surface area contributed by atoms with E-state index in [1.165, 1.54) is 25.7 Å². The Morgan fingerprint density at radius 3 is 2.59 bits per heavy atom. The van der Waals surface area contributed by atoms with Crippen LogP contribution >= 0.6 is 0 Å². The van der Waals surface area contributed by atoms with E-state index in [1.807, 2.05) is 11.8 Å². The summed E-state index contributed by atoms with van der Waals surface area (Å²) in [4.78, 5) is 17.4. The van der Waals surface area contributed by atoms with Crippen molar-refractivity contribution >= 4 is 5.91 Å². The van der Waals surface area contributed by atoms with E-state index in [2.05, 4.69) is 10.2 Å². The molecule has 0 aromatic carbocycles. The molecule has 5 heteroatoms. The first-order valence-electron chi connectivity index (χ1n) is 9.10. The lowest BCUT2D eigenvalue weighted by molar-refractivity contribution is -0.141. The number of hydrogen-bond donors (Lipinski definition) is 1. The van der Waals surface area contributed by atoms with Gasteiger partial charge in [0.2, 0.25) is 5.91 Å². The van der Waals surface area contributed by atoms with Gasteiger partial charge in [-0.3, -0.25) is 9.69 Å². The summed E-state index contributed by atoms with van der Waals surface area (Å²) in [6, 6.07) is 0.661. The fourth-order valence-electron chi connectivity index (χ4n) is 5.14. The van der Waals surface area contributed by atoms with Gasteiger partial charge in [-0.15, -0.1) is 0 Å². The highest BCUT2D eigenvalue weighted by atomic mass is 16.5. The molecule has 22 heavy (non-hydrogen) atoms. The molecule has 5 nitrogen and oxygen atoms in total. The van der Waals surface area contributed by atoms with E-state index >= 15 is 0 Å². The minimum atomic E-state index is -0.150. The smallest absolute Gasteiger partial charge is 0.242 e. The van der Waals surface area contributed by atoms with Crippen molar-refractivity contribution in [2.24, 2.45) is 11.8 Å². The maximum Gasteiger partial charge on any atom is 0.242 e. The molecule has 4 aliphatic rings. The predicted octanol–water partition coefficient (Wildman–Crippen LogP) is 0.696. The minimum absolute atomic E-state index is 0.00940. The Kier molecular flexibility index (Phi) is 4.13. The fraction of sp³-hybridized carbons (Fsp3) is 0.941. The van der Waals surface area contributed by atoms with Gasteiger partial charge in [0.25, 0.3) is 0 Å². The van der Waals surface area contributed by atoms with Crippen molar-refractivity contribution in [2.45, 2.75) is 50.8 Å². The molecule has 2 saturated heterocycles. The van der Waals surface area contributed by atoms with E-state index in [-0.39, 0.29) is 18.1 Å². The van der Waals surface area contributed by atoms with Crippen molar-refractivity contribution in [1.82, 2.24) is 15.1 Å². The maximum atomic E-state index is 12.7. The molecule has 2 aliphatic carbocycles. The van der Waals surface area contributed by atoms with Crippen LogP contribution < -0.4 is 5.32 Å². The van der Waals surface area contributed by atoms with Gasteiger partial charge >= 0.3 is 0 Å². The summed E-state index contributed by atoms with van der Waals surface area (Å²) in [5.41, 5.74) is 0. The van der Waals surface area contributed by atoms with Gasteiger partial charge in [-0.05, 0) is 38.0 Å². The number of piperazine rings is 1. The Bertz CT molecular complexity index is 422. The van der Waals surface area contributed by atoms with Gasteiger partial charge in [0.05, 0.1) is 12.7 Å². The van der Waals surface area contributed by atoms with Gasteiger partial charge in [-0.1, -0.05) is 6.42 Å². The van der Waals surface area contributed by atoms with Crippen LogP contribution in [0.1, 0.15) is 32.6 Å². The van der Waals surface area contributed by atoms with Gasteiger partial charge in [0.1, 0.15) is 6.04 Å². The monoisotopic (exact) mass is 307 g/mol. The fourth-order valence-corrected chi connectivity index (χ4v) is 5.14. The van der Waals surface area contributed by atoms with Crippen molar-refractivity contribution in [2.75, 3.05) is 39.3 Å². The van der Waals surface area contributed by atoms with E-state index in [4.69, 9.17) is 4.74 Å². The van der Waals surface area contributed by atoms with Gasteiger partial charge in [-0.25, -0.2) is 0 Å². The third-order valence-electron chi connectivity index (χ3n) is 6.38. The molecule has 4 rings (SSSR count). The lowest BCUT2D eigenvalue weighted by Gasteiger charge is -2.42. The van der Waals surface area contributed by atoms with E-state index in [1.54, 1.807) is 0 Å². The number of ether oxygens (including phenoxy) is 1. The standard InChI is InChI=1S/C17H29N3O2/c1-12-16(18-4-9-22-12)17(21)20-7-5-19(6-8-20)15-11-13-2-3-14(15)10-13/h12-16,18H,2-11H2,1H3/t12-,13?,14?,15?,16+/m1/s1. The number of morpholine rings is 1. The summed E-state index contributed by atoms with van der Waals surface area (Å²) in [6.45, 7) is 7.38. The highest BCUT2D eigenvalue weighted by Crippen LogP contribution is 2.46. The summed E-state index contributed by atoms with van der Waals surface area (Å²) in [7, 11) is 0. The molecule has 5 atom stereocenters. The van der Waals surface area contributed by atoms with Crippen LogP contribution in [0.25, 0.3) is 0 Å². The zero-order chi connectivity index (χ0) is 15.1. The normalized spacial score (nSPS) is 42.8. The van der Waals surface area contributed by atoms with E-state index < -0.39 is 0 Å². The number of carbonyl (C=O) groups is 1. The Morgan fingerprint density at radius 1 is 1.14 bits per heavy atom. The number of rotatable bonds is 2. The second kappa shape index (κ2) is 6.10. The summed E-state index contributed by atoms with van der Waals surface area (Å²) >= 11 is 0. The summed E-state index contributed by atoms with van der Waals surface area (Å²) in [6.07, 6.45) is 5.77. The molecule has 2 heterocycles. The van der Waals surface area contributed by atoms with Crippen LogP contribution in [0.4, 0.5) is 0 Å². The number of nitrogens with one attached hydrogen (secondary N) is 1. The first kappa shape index (κ1) is 14.9. The van der Waals surface area contributed by atoms with Crippen LogP contribution in [0.2, 0.25) is 0 Å². The number of hydrogen-bond acceptors (Lipinski definition) is 4. The van der Waals surface area contributed by atoms with Crippen LogP contribution in [0.3, 0.4) is 0 Å². The Labute approximate surface area is 133 Å². The average Bonchev–Trinajstić information content (AvgIpc) is 3.18. The molecule has 2 saturated carbocycles. The maximum absolute atomic E-state index is 12.7. The summed E-state index contributed by atoms with van der Waals surface area (Å²) in [5.74, 6) is 2.18. The molecular formula is C17H29N3O2. The summed E-state index contributed by atoms with van der Waals surface area (Å²) in [5, 5.41) is 3.32. The number of fused-ring (bicyclic) bond motifs is 2. The van der Waals surface area contributed by atoms with Crippen molar-refractivity contribution in [3.63, 3.8) is 0 Å². The molecule has 1 N–H and O–H groups in total. The molecule has 1 amide bonds. The first-order chi connectivity index (χ1) is 10.7. The van der Waals surface area contributed by atoms with Crippen molar-refractivity contribution in [3.8, 4) is 0 Å². The molecule has 4 fully saturated rings. The third kappa shape index (κ3) is 2.68. The van der Waals surface area contributed by atoms with Crippen LogP contribution in [-0.4, -0.2) is 73.2 Å². The largest absolute Gasteiger partial charge is 0.375 e. The first-order valence-corrected chi connectivity index (χ1v) is 9.10. The lowest BCUT2D eigenvalue weighted by atomic mass is 9.93. The third-order valence-corrected chi connectivity index (χ3v) is 6.38. The van der Waals surface area contributed by atoms with Gasteiger partial charge < -0.3 is 15.0 Å². The number of nitrogens with zero attached hydrogens (tertiary/aromatic N) is 2. The summed E-state index contributed by atoms with van der Waals surface area (Å²) < 4.78 is 5.62. The molecule has 124 valence electrons. The number of amides is 1. The molecule has 0 radical (unpaired) electrons. The molecule has 2 bridgehead atoms. The van der Waals surface area contributed by atoms with Crippen molar-refractivity contribution in [1.29, 1.82) is 0 Å². The van der Waals surface area contributed by atoms with E-state index in [0.29, 0.717) is 6.61 Å². The Hall–Kier alpha value is -0.650. The SMILES string of the molecule is C[C@H]1OCCN[C@@H]1C(=O)N1CCN(C2CC3CCC2C3)CC1. The zero-order valence-electron chi connectivity index (χ0n) is 13.7. The minimum Gasteiger partial charge on any atom is -0.375 e. The molecule has 0 spiro atoms. The van der Waals surface area contributed by atoms with Crippen LogP contribution in [0.5, 0.6) is 0 Å². The van der Waals surface area contributed by atoms with E-state index in [0.717, 1.165) is 50.6 Å². The average molecular weight is 307 g/mol.